The number of aromatic nitrogens is 4. The lowest BCUT2D eigenvalue weighted by molar-refractivity contribution is -0.309. The number of imidazole rings is 1. The number of nitrogens with zero attached hydrogens (tertiary/aromatic N) is 3. The Hall–Kier alpha value is -2.38. The second-order valence-corrected chi connectivity index (χ2v) is 3.64. The maximum Gasteiger partial charge on any atom is 0.329 e. The number of aliphatic carboxylic acids is 1. The number of hydrogen-bond donors (Lipinski definition) is 1. The van der Waals surface area contributed by atoms with Crippen molar-refractivity contribution < 1.29 is 9.90 Å². The number of rotatable bonds is 2. The Morgan fingerprint density at radius 1 is 1.53 bits per heavy atom. The van der Waals surface area contributed by atoms with Crippen molar-refractivity contribution in [2.45, 2.75) is 13.0 Å². The third-order valence-corrected chi connectivity index (χ3v) is 2.59. The smallest absolute Gasteiger partial charge is 0.329 e. The summed E-state index contributed by atoms with van der Waals surface area (Å²) in [5, 5.41) is 10.8. The van der Waals surface area contributed by atoms with Crippen LogP contribution < -0.4 is 16.4 Å². The third-order valence-electron chi connectivity index (χ3n) is 2.59. The SMILES string of the molecule is C[C@H](C(=O)[O-])n1cnc2c1c(=O)[nH]c(=O)n2C. The molecule has 0 fully saturated rings. The predicted molar refractivity (Wildman–Crippen MR) is 55.3 cm³/mol. The maximum atomic E-state index is 11.6. The molecule has 0 unspecified atom stereocenters. The van der Waals surface area contributed by atoms with Gasteiger partial charge in [0.05, 0.1) is 18.3 Å². The molecule has 0 radical (unpaired) electrons. The van der Waals surface area contributed by atoms with Crippen LogP contribution in [0.25, 0.3) is 11.2 Å². The molecule has 2 heterocycles. The van der Waals surface area contributed by atoms with Gasteiger partial charge in [0.15, 0.2) is 11.2 Å². The molecule has 1 atom stereocenters. The molecule has 0 bridgehead atoms. The fraction of sp³-hybridized carbons (Fsp3) is 0.333. The standard InChI is InChI=1S/C9H10N4O4/c1-4(8(15)16)13-3-10-6-5(13)7(14)11-9(17)12(6)2/h3-4H,1-2H3,(H,15,16)(H,11,14,17)/p-1/t4-/m1/s1. The molecule has 0 aliphatic heterocycles. The lowest BCUT2D eigenvalue weighted by Gasteiger charge is -2.14. The first-order valence-corrected chi connectivity index (χ1v) is 4.80. The number of nitrogens with one attached hydrogen (secondary N) is 1. The number of aryl methyl sites for hydroxylation is 1. The molecule has 0 saturated heterocycles. The lowest BCUT2D eigenvalue weighted by atomic mass is 10.3. The van der Waals surface area contributed by atoms with E-state index in [4.69, 9.17) is 0 Å². The van der Waals surface area contributed by atoms with Crippen LogP contribution in [-0.4, -0.2) is 25.1 Å². The zero-order valence-electron chi connectivity index (χ0n) is 9.13. The summed E-state index contributed by atoms with van der Waals surface area (Å²) in [6, 6.07) is -1.04. The Balaban J connectivity index is 2.87. The normalized spacial score (nSPS) is 12.8. The number of carbonyl (C=O) groups is 1. The summed E-state index contributed by atoms with van der Waals surface area (Å²) in [4.78, 5) is 39.6. The molecule has 0 amide bonds. The maximum absolute atomic E-state index is 11.6. The molecule has 0 aromatic carbocycles. The molecule has 90 valence electrons. The highest BCUT2D eigenvalue weighted by molar-refractivity contribution is 5.75. The fourth-order valence-corrected chi connectivity index (χ4v) is 1.56. The first kappa shape index (κ1) is 11.1. The Bertz CT molecular complexity index is 708. The highest BCUT2D eigenvalue weighted by atomic mass is 16.4. The van der Waals surface area contributed by atoms with E-state index in [1.165, 1.54) is 20.3 Å². The molecule has 0 aliphatic carbocycles. The van der Waals surface area contributed by atoms with E-state index in [9.17, 15) is 19.5 Å². The van der Waals surface area contributed by atoms with Gasteiger partial charge in [0.1, 0.15) is 0 Å². The van der Waals surface area contributed by atoms with E-state index in [-0.39, 0.29) is 11.2 Å². The number of carbonyl (C=O) groups excluding carboxylic acids is 1. The van der Waals surface area contributed by atoms with Crippen molar-refractivity contribution in [2.24, 2.45) is 7.05 Å². The van der Waals surface area contributed by atoms with Crippen LogP contribution in [0.5, 0.6) is 0 Å². The van der Waals surface area contributed by atoms with Crippen molar-refractivity contribution in [1.82, 2.24) is 19.1 Å². The van der Waals surface area contributed by atoms with Crippen LogP contribution >= 0.6 is 0 Å². The van der Waals surface area contributed by atoms with Crippen LogP contribution in [0.15, 0.2) is 15.9 Å². The molecule has 17 heavy (non-hydrogen) atoms. The molecule has 2 aromatic heterocycles. The molecular formula is C9H9N4O4-. The van der Waals surface area contributed by atoms with Crippen LogP contribution in [0, 0.1) is 0 Å². The number of carboxylic acid groups (broad SMARTS) is 1. The largest absolute Gasteiger partial charge is 0.548 e. The summed E-state index contributed by atoms with van der Waals surface area (Å²) in [5.41, 5.74) is -1.11. The van der Waals surface area contributed by atoms with Gasteiger partial charge in [-0.05, 0) is 6.92 Å². The summed E-state index contributed by atoms with van der Waals surface area (Å²) in [6.07, 6.45) is 1.19. The van der Waals surface area contributed by atoms with E-state index in [1.807, 2.05) is 0 Å². The number of hydrogen-bond acceptors (Lipinski definition) is 5. The zero-order chi connectivity index (χ0) is 12.7. The van der Waals surface area contributed by atoms with Gasteiger partial charge >= 0.3 is 5.69 Å². The van der Waals surface area contributed by atoms with Gasteiger partial charge in [0.25, 0.3) is 5.56 Å². The Morgan fingerprint density at radius 3 is 2.76 bits per heavy atom. The fourth-order valence-electron chi connectivity index (χ4n) is 1.56. The monoisotopic (exact) mass is 237 g/mol. The molecule has 8 heteroatoms. The second-order valence-electron chi connectivity index (χ2n) is 3.64. The predicted octanol–water partition coefficient (Wildman–Crippen LogP) is -2.27. The van der Waals surface area contributed by atoms with Gasteiger partial charge in [-0.15, -0.1) is 0 Å². The van der Waals surface area contributed by atoms with Crippen LogP contribution in [0.3, 0.4) is 0 Å². The Labute approximate surface area is 94.1 Å². The molecule has 1 N–H and O–H groups in total. The summed E-state index contributed by atoms with van der Waals surface area (Å²) in [7, 11) is 1.43. The van der Waals surface area contributed by atoms with Gasteiger partial charge in [0, 0.05) is 7.05 Å². The first-order chi connectivity index (χ1) is 7.93. The number of fused-ring (bicyclic) bond motifs is 1. The van der Waals surface area contributed by atoms with Crippen molar-refractivity contribution in [3.8, 4) is 0 Å². The van der Waals surface area contributed by atoms with Gasteiger partial charge in [-0.25, -0.2) is 9.78 Å². The third kappa shape index (κ3) is 1.53. The van der Waals surface area contributed by atoms with Crippen molar-refractivity contribution in [3.63, 3.8) is 0 Å². The van der Waals surface area contributed by atoms with Crippen molar-refractivity contribution in [2.75, 3.05) is 0 Å². The first-order valence-electron chi connectivity index (χ1n) is 4.80. The van der Waals surface area contributed by atoms with E-state index in [0.29, 0.717) is 0 Å². The van der Waals surface area contributed by atoms with Crippen LogP contribution in [-0.2, 0) is 11.8 Å². The molecule has 0 spiro atoms. The Kier molecular flexibility index (Phi) is 2.34. The topological polar surface area (TPSA) is 113 Å². The molecular weight excluding hydrogens is 228 g/mol. The summed E-state index contributed by atoms with van der Waals surface area (Å²) in [5.74, 6) is -1.34. The van der Waals surface area contributed by atoms with Crippen molar-refractivity contribution in [1.29, 1.82) is 0 Å². The minimum atomic E-state index is -1.34. The minimum Gasteiger partial charge on any atom is -0.548 e. The van der Waals surface area contributed by atoms with Gasteiger partial charge in [-0.2, -0.15) is 0 Å². The molecule has 0 saturated carbocycles. The van der Waals surface area contributed by atoms with Gasteiger partial charge in [-0.1, -0.05) is 0 Å². The summed E-state index contributed by atoms with van der Waals surface area (Å²) >= 11 is 0. The van der Waals surface area contributed by atoms with E-state index in [0.717, 1.165) is 9.13 Å². The molecule has 2 rings (SSSR count). The highest BCUT2D eigenvalue weighted by Gasteiger charge is 2.15. The average Bonchev–Trinajstić information content (AvgIpc) is 2.69. The molecule has 8 nitrogen and oxygen atoms in total. The average molecular weight is 237 g/mol. The van der Waals surface area contributed by atoms with E-state index in [1.54, 1.807) is 0 Å². The molecule has 0 aliphatic rings. The quantitative estimate of drug-likeness (QED) is 0.633. The second kappa shape index (κ2) is 3.58. The van der Waals surface area contributed by atoms with Crippen LogP contribution in [0.1, 0.15) is 13.0 Å². The van der Waals surface area contributed by atoms with Crippen molar-refractivity contribution in [3.05, 3.63) is 27.2 Å². The summed E-state index contributed by atoms with van der Waals surface area (Å²) in [6.45, 7) is 1.36. The Morgan fingerprint density at radius 2 is 2.18 bits per heavy atom. The zero-order valence-corrected chi connectivity index (χ0v) is 9.13. The minimum absolute atomic E-state index is 0.0313. The number of H-pyrrole nitrogens is 1. The lowest BCUT2D eigenvalue weighted by Crippen LogP contribution is -2.34. The van der Waals surface area contributed by atoms with E-state index in [2.05, 4.69) is 9.97 Å². The number of aromatic amines is 1. The van der Waals surface area contributed by atoms with Crippen LogP contribution in [0.4, 0.5) is 0 Å². The summed E-state index contributed by atoms with van der Waals surface area (Å²) < 4.78 is 2.29. The van der Waals surface area contributed by atoms with Gasteiger partial charge < -0.3 is 14.5 Å². The number of carboxylic acids is 1. The highest BCUT2D eigenvalue weighted by Crippen LogP contribution is 2.11. The molecule has 2 aromatic rings. The van der Waals surface area contributed by atoms with Gasteiger partial charge in [0.2, 0.25) is 0 Å². The van der Waals surface area contributed by atoms with Crippen molar-refractivity contribution >= 4 is 17.1 Å². The van der Waals surface area contributed by atoms with Gasteiger partial charge in [-0.3, -0.25) is 14.3 Å². The van der Waals surface area contributed by atoms with E-state index >= 15 is 0 Å². The van der Waals surface area contributed by atoms with E-state index < -0.39 is 23.3 Å². The van der Waals surface area contributed by atoms with Crippen LogP contribution in [0.2, 0.25) is 0 Å².